The second kappa shape index (κ2) is 8.66. The molecule has 2 fully saturated rings. The minimum Gasteiger partial charge on any atom is -0.338 e. The smallest absolute Gasteiger partial charge is 0.219 e. The van der Waals surface area contributed by atoms with Crippen LogP contribution in [-0.4, -0.2) is 50.4 Å². The van der Waals surface area contributed by atoms with E-state index in [2.05, 4.69) is 26.3 Å². The third kappa shape index (κ3) is 4.08. The van der Waals surface area contributed by atoms with Crippen molar-refractivity contribution in [3.8, 4) is 0 Å². The van der Waals surface area contributed by atoms with E-state index in [9.17, 15) is 9.18 Å². The Hall–Kier alpha value is -2.21. The number of halogens is 1. The molecule has 2 aliphatic rings. The topological polar surface area (TPSA) is 41.4 Å². The van der Waals surface area contributed by atoms with Crippen LogP contribution in [0.2, 0.25) is 0 Å². The second-order valence-corrected chi connectivity index (χ2v) is 8.34. The summed E-state index contributed by atoms with van der Waals surface area (Å²) in [5.41, 5.74) is 0.994. The number of rotatable bonds is 4. The highest BCUT2D eigenvalue weighted by molar-refractivity contribution is 5.74. The summed E-state index contributed by atoms with van der Waals surface area (Å²) in [7, 11) is 0. The predicted octanol–water partition coefficient (Wildman–Crippen LogP) is 3.80. The van der Waals surface area contributed by atoms with Crippen LogP contribution >= 0.6 is 0 Å². The number of aromatic nitrogens is 2. The van der Waals surface area contributed by atoms with Crippen LogP contribution in [0.25, 0.3) is 0 Å². The van der Waals surface area contributed by atoms with E-state index in [0.29, 0.717) is 0 Å². The van der Waals surface area contributed by atoms with Crippen LogP contribution in [0.1, 0.15) is 56.8 Å². The summed E-state index contributed by atoms with van der Waals surface area (Å²) < 4.78 is 16.2. The summed E-state index contributed by atoms with van der Waals surface area (Å²) in [6.45, 7) is 7.07. The molecular weight excluding hydrogens is 367 g/mol. The number of benzene rings is 1. The molecule has 3 atom stereocenters. The molecule has 0 radical (unpaired) electrons. The zero-order valence-corrected chi connectivity index (χ0v) is 17.4. The standard InChI is InChI=1S/C23H31FN4O/c1-3-26-13-11-25-22(26)16-27-15-20(18-8-7-9-19(24)14-18)23-21(27)10-5-4-6-12-28(23)17(2)29/h7-9,11,13-14,20-21,23H,3-6,10,12,15-16H2,1-2H3/t20-,21+,23-/m0/s1. The molecule has 2 aromatic rings. The first-order valence-electron chi connectivity index (χ1n) is 10.8. The van der Waals surface area contributed by atoms with E-state index >= 15 is 0 Å². The van der Waals surface area contributed by atoms with Gasteiger partial charge in [-0.15, -0.1) is 0 Å². The van der Waals surface area contributed by atoms with E-state index < -0.39 is 0 Å². The van der Waals surface area contributed by atoms with Crippen molar-refractivity contribution in [3.05, 3.63) is 53.9 Å². The van der Waals surface area contributed by atoms with Gasteiger partial charge in [0.05, 0.1) is 12.6 Å². The fourth-order valence-corrected chi connectivity index (χ4v) is 5.27. The second-order valence-electron chi connectivity index (χ2n) is 8.34. The number of nitrogens with zero attached hydrogens (tertiary/aromatic N) is 4. The van der Waals surface area contributed by atoms with Crippen molar-refractivity contribution in [3.63, 3.8) is 0 Å². The van der Waals surface area contributed by atoms with Crippen LogP contribution in [0.4, 0.5) is 4.39 Å². The minimum atomic E-state index is -0.209. The number of likely N-dealkylation sites (tertiary alicyclic amines) is 2. The van der Waals surface area contributed by atoms with E-state index in [-0.39, 0.29) is 29.7 Å². The summed E-state index contributed by atoms with van der Waals surface area (Å²) in [5.74, 6) is 1.09. The maximum Gasteiger partial charge on any atom is 0.219 e. The van der Waals surface area contributed by atoms with Gasteiger partial charge in [-0.1, -0.05) is 25.0 Å². The predicted molar refractivity (Wildman–Crippen MR) is 111 cm³/mol. The van der Waals surface area contributed by atoms with Gasteiger partial charge < -0.3 is 9.47 Å². The van der Waals surface area contributed by atoms with Crippen LogP contribution in [0.15, 0.2) is 36.7 Å². The van der Waals surface area contributed by atoms with Crippen molar-refractivity contribution >= 4 is 5.91 Å². The van der Waals surface area contributed by atoms with Crippen LogP contribution < -0.4 is 0 Å². The first kappa shape index (κ1) is 20.1. The lowest BCUT2D eigenvalue weighted by atomic mass is 9.86. The van der Waals surface area contributed by atoms with E-state index in [1.54, 1.807) is 19.1 Å². The van der Waals surface area contributed by atoms with Crippen LogP contribution in [-0.2, 0) is 17.9 Å². The Morgan fingerprint density at radius 3 is 2.90 bits per heavy atom. The maximum absolute atomic E-state index is 14.0. The molecular formula is C23H31FN4O. The molecule has 29 heavy (non-hydrogen) atoms. The summed E-state index contributed by atoms with van der Waals surface area (Å²) in [6, 6.07) is 7.29. The summed E-state index contributed by atoms with van der Waals surface area (Å²) in [4.78, 5) is 21.7. The SMILES string of the molecule is CCn1ccnc1CN1C[C@@H](c2cccc(F)c2)[C@H]2[C@H]1CCCCCN2C(C)=O. The molecule has 6 heteroatoms. The Labute approximate surface area is 172 Å². The number of hydrogen-bond donors (Lipinski definition) is 0. The van der Waals surface area contributed by atoms with Crippen molar-refractivity contribution in [2.45, 2.75) is 70.6 Å². The average Bonchev–Trinajstić information content (AvgIpc) is 3.26. The molecule has 4 rings (SSSR count). The molecule has 0 unspecified atom stereocenters. The van der Waals surface area contributed by atoms with E-state index in [1.807, 2.05) is 18.5 Å². The van der Waals surface area contributed by atoms with Gasteiger partial charge in [0.25, 0.3) is 0 Å². The molecule has 0 aliphatic carbocycles. The number of fused-ring (bicyclic) bond motifs is 1. The van der Waals surface area contributed by atoms with Crippen LogP contribution in [0.3, 0.4) is 0 Å². The fourth-order valence-electron chi connectivity index (χ4n) is 5.27. The van der Waals surface area contributed by atoms with Gasteiger partial charge in [0.1, 0.15) is 11.6 Å². The zero-order chi connectivity index (χ0) is 20.4. The number of carbonyl (C=O) groups is 1. The van der Waals surface area contributed by atoms with Crippen molar-refractivity contribution in [1.29, 1.82) is 0 Å². The average molecular weight is 399 g/mol. The summed E-state index contributed by atoms with van der Waals surface area (Å²) in [5, 5.41) is 0. The molecule has 1 amide bonds. The minimum absolute atomic E-state index is 0.0830. The Balaban J connectivity index is 1.71. The summed E-state index contributed by atoms with van der Waals surface area (Å²) >= 11 is 0. The van der Waals surface area contributed by atoms with Crippen LogP contribution in [0.5, 0.6) is 0 Å². The third-order valence-electron chi connectivity index (χ3n) is 6.63. The first-order valence-corrected chi connectivity index (χ1v) is 10.8. The molecule has 1 aromatic carbocycles. The monoisotopic (exact) mass is 398 g/mol. The Morgan fingerprint density at radius 1 is 1.28 bits per heavy atom. The lowest BCUT2D eigenvalue weighted by molar-refractivity contribution is -0.132. The van der Waals surface area contributed by atoms with Gasteiger partial charge in [0, 0.05) is 50.9 Å². The van der Waals surface area contributed by atoms with Gasteiger partial charge >= 0.3 is 0 Å². The van der Waals surface area contributed by atoms with Gasteiger partial charge in [-0.2, -0.15) is 0 Å². The third-order valence-corrected chi connectivity index (χ3v) is 6.63. The van der Waals surface area contributed by atoms with Crippen molar-refractivity contribution in [2.75, 3.05) is 13.1 Å². The Bertz CT molecular complexity index is 851. The largest absolute Gasteiger partial charge is 0.338 e. The quantitative estimate of drug-likeness (QED) is 0.787. The van der Waals surface area contributed by atoms with Crippen molar-refractivity contribution < 1.29 is 9.18 Å². The number of imidazole rings is 1. The summed E-state index contributed by atoms with van der Waals surface area (Å²) in [6.07, 6.45) is 8.30. The lowest BCUT2D eigenvalue weighted by Gasteiger charge is -2.39. The molecule has 1 aromatic heterocycles. The van der Waals surface area contributed by atoms with Gasteiger partial charge in [-0.25, -0.2) is 9.37 Å². The Kier molecular flexibility index (Phi) is 5.99. The van der Waals surface area contributed by atoms with E-state index in [1.165, 1.54) is 12.5 Å². The van der Waals surface area contributed by atoms with E-state index in [0.717, 1.165) is 56.8 Å². The molecule has 2 saturated heterocycles. The zero-order valence-electron chi connectivity index (χ0n) is 17.4. The molecule has 156 valence electrons. The van der Waals surface area contributed by atoms with Gasteiger partial charge in [-0.3, -0.25) is 9.69 Å². The molecule has 0 saturated carbocycles. The van der Waals surface area contributed by atoms with Crippen molar-refractivity contribution in [2.24, 2.45) is 0 Å². The highest BCUT2D eigenvalue weighted by atomic mass is 19.1. The van der Waals surface area contributed by atoms with Crippen molar-refractivity contribution in [1.82, 2.24) is 19.4 Å². The number of carbonyl (C=O) groups excluding carboxylic acids is 1. The first-order chi connectivity index (χ1) is 14.1. The molecule has 0 spiro atoms. The number of hydrogen-bond acceptors (Lipinski definition) is 3. The van der Waals surface area contributed by atoms with Gasteiger partial charge in [0.2, 0.25) is 5.91 Å². The highest BCUT2D eigenvalue weighted by Crippen LogP contribution is 2.40. The molecule has 2 aliphatic heterocycles. The van der Waals surface area contributed by atoms with Gasteiger partial charge in [0.15, 0.2) is 0 Å². The van der Waals surface area contributed by atoms with E-state index in [4.69, 9.17) is 0 Å². The molecule has 0 bridgehead atoms. The van der Waals surface area contributed by atoms with Crippen LogP contribution in [0, 0.1) is 5.82 Å². The lowest BCUT2D eigenvalue weighted by Crippen LogP contribution is -2.50. The van der Waals surface area contributed by atoms with Gasteiger partial charge in [-0.05, 0) is 37.5 Å². The Morgan fingerprint density at radius 2 is 2.14 bits per heavy atom. The normalized spacial score (nSPS) is 25.5. The number of aryl methyl sites for hydroxylation is 1. The maximum atomic E-state index is 14.0. The highest BCUT2D eigenvalue weighted by Gasteiger charge is 2.46. The molecule has 0 N–H and O–H groups in total. The molecule has 5 nitrogen and oxygen atoms in total. The number of amides is 1. The fraction of sp³-hybridized carbons (Fsp3) is 0.565. The molecule has 3 heterocycles.